The maximum absolute atomic E-state index is 12.2. The van der Waals surface area contributed by atoms with Crippen molar-refractivity contribution < 1.29 is 13.2 Å². The van der Waals surface area contributed by atoms with Crippen molar-refractivity contribution >= 4 is 15.7 Å². The first kappa shape index (κ1) is 16.1. The maximum atomic E-state index is 12.2. The fourth-order valence-corrected chi connectivity index (χ4v) is 3.57. The third kappa shape index (κ3) is 3.68. The summed E-state index contributed by atoms with van der Waals surface area (Å²) in [6.45, 7) is 2.21. The van der Waals surface area contributed by atoms with Crippen LogP contribution in [0.15, 0.2) is 23.1 Å². The van der Waals surface area contributed by atoms with E-state index in [1.165, 1.54) is 37.0 Å². The Hall–Kier alpha value is -1.27. The summed E-state index contributed by atoms with van der Waals surface area (Å²) in [5.41, 5.74) is 6.40. The SMILES string of the molecule is CC1CCCC(Oc2cc(S(=O)(=O)N(C)C)ccc2N)C1. The van der Waals surface area contributed by atoms with Gasteiger partial charge < -0.3 is 10.5 Å². The molecule has 2 atom stereocenters. The summed E-state index contributed by atoms with van der Waals surface area (Å²) in [4.78, 5) is 0.209. The standard InChI is InChI=1S/C15H24N2O3S/c1-11-5-4-6-12(9-11)20-15-10-13(7-8-14(15)16)21(18,19)17(2)3/h7-8,10-12H,4-6,9,16H2,1-3H3. The van der Waals surface area contributed by atoms with Crippen LogP contribution in [0.25, 0.3) is 0 Å². The van der Waals surface area contributed by atoms with Crippen LogP contribution in [-0.2, 0) is 10.0 Å². The van der Waals surface area contributed by atoms with Gasteiger partial charge in [-0.15, -0.1) is 0 Å². The molecule has 6 heteroatoms. The number of benzene rings is 1. The van der Waals surface area contributed by atoms with E-state index >= 15 is 0 Å². The van der Waals surface area contributed by atoms with Crippen molar-refractivity contribution in [2.24, 2.45) is 5.92 Å². The summed E-state index contributed by atoms with van der Waals surface area (Å²) < 4.78 is 31.5. The molecule has 1 aromatic rings. The van der Waals surface area contributed by atoms with Crippen LogP contribution in [0, 0.1) is 5.92 Å². The average molecular weight is 312 g/mol. The van der Waals surface area contributed by atoms with Crippen molar-refractivity contribution in [2.45, 2.75) is 43.6 Å². The first-order valence-electron chi connectivity index (χ1n) is 7.29. The zero-order valence-corrected chi connectivity index (χ0v) is 13.7. The Balaban J connectivity index is 2.24. The minimum atomic E-state index is -3.47. The molecule has 0 radical (unpaired) electrons. The fraction of sp³-hybridized carbons (Fsp3) is 0.600. The topological polar surface area (TPSA) is 72.6 Å². The van der Waals surface area contributed by atoms with Crippen LogP contribution in [-0.4, -0.2) is 32.9 Å². The molecule has 2 N–H and O–H groups in total. The Labute approximate surface area is 127 Å². The van der Waals surface area contributed by atoms with Gasteiger partial charge >= 0.3 is 0 Å². The van der Waals surface area contributed by atoms with Crippen molar-refractivity contribution in [1.29, 1.82) is 0 Å². The van der Waals surface area contributed by atoms with Gasteiger partial charge in [0.25, 0.3) is 0 Å². The average Bonchev–Trinajstić information content (AvgIpc) is 2.41. The monoisotopic (exact) mass is 312 g/mol. The van der Waals surface area contributed by atoms with Crippen molar-refractivity contribution in [3.63, 3.8) is 0 Å². The van der Waals surface area contributed by atoms with Crippen molar-refractivity contribution in [3.05, 3.63) is 18.2 Å². The highest BCUT2D eigenvalue weighted by Gasteiger charge is 2.23. The molecule has 2 unspecified atom stereocenters. The van der Waals surface area contributed by atoms with Crippen LogP contribution in [0.2, 0.25) is 0 Å². The summed E-state index contributed by atoms with van der Waals surface area (Å²) in [6, 6.07) is 4.64. The van der Waals surface area contributed by atoms with Gasteiger partial charge in [-0.05, 0) is 37.3 Å². The van der Waals surface area contributed by atoms with Gasteiger partial charge in [-0.1, -0.05) is 13.3 Å². The summed E-state index contributed by atoms with van der Waals surface area (Å²) in [5, 5.41) is 0. The third-order valence-corrected chi connectivity index (χ3v) is 5.76. The lowest BCUT2D eigenvalue weighted by Crippen LogP contribution is -2.25. The van der Waals surface area contributed by atoms with E-state index in [0.29, 0.717) is 17.4 Å². The van der Waals surface area contributed by atoms with Gasteiger partial charge in [0.2, 0.25) is 10.0 Å². The third-order valence-electron chi connectivity index (χ3n) is 3.95. The number of anilines is 1. The molecule has 5 nitrogen and oxygen atoms in total. The minimum Gasteiger partial charge on any atom is -0.488 e. The van der Waals surface area contributed by atoms with Gasteiger partial charge in [-0.25, -0.2) is 12.7 Å². The predicted molar refractivity (Wildman–Crippen MR) is 83.8 cm³/mol. The number of nitrogens with zero attached hydrogens (tertiary/aromatic N) is 1. The molecule has 118 valence electrons. The number of sulfonamides is 1. The molecule has 0 spiro atoms. The highest BCUT2D eigenvalue weighted by molar-refractivity contribution is 7.89. The normalized spacial score (nSPS) is 23.2. The van der Waals surface area contributed by atoms with E-state index < -0.39 is 10.0 Å². The highest BCUT2D eigenvalue weighted by Crippen LogP contribution is 2.32. The van der Waals surface area contributed by atoms with Crippen LogP contribution in [0.3, 0.4) is 0 Å². The van der Waals surface area contributed by atoms with Crippen LogP contribution in [0.1, 0.15) is 32.6 Å². The van der Waals surface area contributed by atoms with Crippen LogP contribution >= 0.6 is 0 Å². The molecule has 0 bridgehead atoms. The quantitative estimate of drug-likeness (QED) is 0.867. The van der Waals surface area contributed by atoms with Crippen molar-refractivity contribution in [2.75, 3.05) is 19.8 Å². The molecule has 0 aromatic heterocycles. The Bertz CT molecular complexity index is 599. The Morgan fingerprint density at radius 1 is 1.29 bits per heavy atom. The molecular formula is C15H24N2O3S. The molecule has 0 amide bonds. The Kier molecular flexibility index (Phi) is 4.78. The number of hydrogen-bond donors (Lipinski definition) is 1. The lowest BCUT2D eigenvalue weighted by atomic mass is 9.89. The zero-order chi connectivity index (χ0) is 15.6. The van der Waals surface area contributed by atoms with Crippen LogP contribution in [0.4, 0.5) is 5.69 Å². The maximum Gasteiger partial charge on any atom is 0.242 e. The molecule has 21 heavy (non-hydrogen) atoms. The molecule has 1 aliphatic carbocycles. The van der Waals surface area contributed by atoms with Crippen LogP contribution < -0.4 is 10.5 Å². The molecule has 1 aliphatic rings. The number of ether oxygens (including phenoxy) is 1. The second kappa shape index (κ2) is 6.23. The van der Waals surface area contributed by atoms with E-state index in [2.05, 4.69) is 6.92 Å². The van der Waals surface area contributed by atoms with E-state index in [1.807, 2.05) is 0 Å². The van der Waals surface area contributed by atoms with Gasteiger partial charge in [0.05, 0.1) is 16.7 Å². The molecule has 0 saturated heterocycles. The van der Waals surface area contributed by atoms with E-state index in [-0.39, 0.29) is 11.0 Å². The van der Waals surface area contributed by atoms with Gasteiger partial charge in [0.1, 0.15) is 5.75 Å². The van der Waals surface area contributed by atoms with E-state index in [4.69, 9.17) is 10.5 Å². The molecule has 1 saturated carbocycles. The van der Waals surface area contributed by atoms with Crippen molar-refractivity contribution in [3.8, 4) is 5.75 Å². The summed E-state index contributed by atoms with van der Waals surface area (Å²) >= 11 is 0. The van der Waals surface area contributed by atoms with Gasteiger partial charge in [-0.2, -0.15) is 0 Å². The van der Waals surface area contributed by atoms with E-state index in [9.17, 15) is 8.42 Å². The summed E-state index contributed by atoms with van der Waals surface area (Å²) in [6.07, 6.45) is 4.47. The van der Waals surface area contributed by atoms with E-state index in [1.54, 1.807) is 6.07 Å². The molecule has 0 aliphatic heterocycles. The number of rotatable bonds is 4. The number of hydrogen-bond acceptors (Lipinski definition) is 4. The molecule has 0 heterocycles. The molecular weight excluding hydrogens is 288 g/mol. The second-order valence-corrected chi connectivity index (χ2v) is 8.15. The van der Waals surface area contributed by atoms with Gasteiger partial charge in [0.15, 0.2) is 0 Å². The minimum absolute atomic E-state index is 0.119. The predicted octanol–water partition coefficient (Wildman–Crippen LogP) is 2.48. The lowest BCUT2D eigenvalue weighted by molar-refractivity contribution is 0.130. The molecule has 1 aromatic carbocycles. The molecule has 1 fully saturated rings. The Morgan fingerprint density at radius 3 is 2.62 bits per heavy atom. The number of nitrogen functional groups attached to an aromatic ring is 1. The first-order valence-corrected chi connectivity index (χ1v) is 8.73. The van der Waals surface area contributed by atoms with E-state index in [0.717, 1.165) is 19.3 Å². The lowest BCUT2D eigenvalue weighted by Gasteiger charge is -2.28. The smallest absolute Gasteiger partial charge is 0.242 e. The second-order valence-electron chi connectivity index (χ2n) is 6.00. The largest absolute Gasteiger partial charge is 0.488 e. The first-order chi connectivity index (χ1) is 9.80. The summed E-state index contributed by atoms with van der Waals surface area (Å²) in [7, 11) is -0.452. The van der Waals surface area contributed by atoms with Gasteiger partial charge in [0, 0.05) is 20.2 Å². The zero-order valence-electron chi connectivity index (χ0n) is 12.9. The highest BCUT2D eigenvalue weighted by atomic mass is 32.2. The van der Waals surface area contributed by atoms with Crippen molar-refractivity contribution in [1.82, 2.24) is 4.31 Å². The summed E-state index contributed by atoms with van der Waals surface area (Å²) in [5.74, 6) is 1.11. The van der Waals surface area contributed by atoms with Gasteiger partial charge in [-0.3, -0.25) is 0 Å². The number of nitrogens with two attached hydrogens (primary N) is 1. The van der Waals surface area contributed by atoms with Crippen LogP contribution in [0.5, 0.6) is 5.75 Å². The fourth-order valence-electron chi connectivity index (χ4n) is 2.65. The Morgan fingerprint density at radius 2 is 2.00 bits per heavy atom. The molecule has 2 rings (SSSR count).